The van der Waals surface area contributed by atoms with Crippen molar-refractivity contribution in [2.45, 2.75) is 13.8 Å². The number of furan rings is 1. The molecule has 3 aromatic carbocycles. The molecule has 1 amide bonds. The minimum Gasteiger partial charge on any atom is -0.451 e. The van der Waals surface area contributed by atoms with Gasteiger partial charge in [-0.1, -0.05) is 48.0 Å². The molecule has 3 nitrogen and oxygen atoms in total. The molecule has 0 radical (unpaired) electrons. The molecule has 4 aromatic rings. The van der Waals surface area contributed by atoms with Crippen LogP contribution in [0.25, 0.3) is 21.7 Å². The molecule has 118 valence electrons. The number of rotatable bonds is 2. The minimum absolute atomic E-state index is 0.224. The zero-order valence-corrected chi connectivity index (χ0v) is 13.6. The van der Waals surface area contributed by atoms with Crippen molar-refractivity contribution in [2.75, 3.05) is 5.32 Å². The van der Waals surface area contributed by atoms with Crippen LogP contribution in [0.1, 0.15) is 21.7 Å². The van der Waals surface area contributed by atoms with Gasteiger partial charge in [0.15, 0.2) is 5.76 Å². The predicted molar refractivity (Wildman–Crippen MR) is 97.6 cm³/mol. The molecule has 0 spiro atoms. The zero-order valence-electron chi connectivity index (χ0n) is 13.6. The molecule has 0 fully saturated rings. The molecule has 1 aromatic heterocycles. The van der Waals surface area contributed by atoms with Crippen molar-refractivity contribution in [3.8, 4) is 0 Å². The van der Waals surface area contributed by atoms with Crippen LogP contribution in [0.3, 0.4) is 0 Å². The maximum absolute atomic E-state index is 12.7. The first-order chi connectivity index (χ1) is 11.6. The molecule has 4 rings (SSSR count). The summed E-state index contributed by atoms with van der Waals surface area (Å²) in [6.07, 6.45) is 0. The van der Waals surface area contributed by atoms with Crippen molar-refractivity contribution >= 4 is 33.3 Å². The Hall–Kier alpha value is -3.07. The fourth-order valence-electron chi connectivity index (χ4n) is 3.06. The lowest BCUT2D eigenvalue weighted by atomic mass is 10.1. The van der Waals surface area contributed by atoms with Crippen LogP contribution in [0.15, 0.2) is 65.1 Å². The van der Waals surface area contributed by atoms with E-state index in [1.807, 2.05) is 74.5 Å². The summed E-state index contributed by atoms with van der Waals surface area (Å²) in [6, 6.07) is 19.8. The van der Waals surface area contributed by atoms with Crippen LogP contribution in [-0.2, 0) is 0 Å². The molecule has 0 saturated heterocycles. The van der Waals surface area contributed by atoms with Crippen LogP contribution in [0.4, 0.5) is 5.69 Å². The van der Waals surface area contributed by atoms with E-state index >= 15 is 0 Å². The van der Waals surface area contributed by atoms with Gasteiger partial charge in [-0.05, 0) is 37.4 Å². The highest BCUT2D eigenvalue weighted by atomic mass is 16.3. The Labute approximate surface area is 139 Å². The number of carbonyl (C=O) groups excluding carboxylic acids is 1. The van der Waals surface area contributed by atoms with Crippen LogP contribution in [0.5, 0.6) is 0 Å². The highest BCUT2D eigenvalue weighted by molar-refractivity contribution is 6.10. The summed E-state index contributed by atoms with van der Waals surface area (Å²) < 4.78 is 5.79. The highest BCUT2D eigenvalue weighted by Gasteiger charge is 2.18. The second-order valence-electron chi connectivity index (χ2n) is 6.04. The standard InChI is InChI=1S/C21H17NO2/c1-13-10-11-19-17(12-13)14(2)20(24-19)21(23)22-18-9-5-7-15-6-3-4-8-16(15)18/h3-12H,1-2H3,(H,22,23). The third-order valence-corrected chi connectivity index (χ3v) is 4.34. The lowest BCUT2D eigenvalue weighted by Gasteiger charge is -2.07. The molecule has 0 unspecified atom stereocenters. The van der Waals surface area contributed by atoms with E-state index in [9.17, 15) is 4.79 Å². The van der Waals surface area contributed by atoms with Gasteiger partial charge in [-0.25, -0.2) is 0 Å². The van der Waals surface area contributed by atoms with Gasteiger partial charge in [0.05, 0.1) is 0 Å². The molecule has 0 atom stereocenters. The number of hydrogen-bond acceptors (Lipinski definition) is 2. The van der Waals surface area contributed by atoms with E-state index in [4.69, 9.17) is 4.42 Å². The predicted octanol–water partition coefficient (Wildman–Crippen LogP) is 5.46. The van der Waals surface area contributed by atoms with E-state index in [0.29, 0.717) is 5.76 Å². The smallest absolute Gasteiger partial charge is 0.291 e. The van der Waals surface area contributed by atoms with Gasteiger partial charge in [0.1, 0.15) is 5.58 Å². The summed E-state index contributed by atoms with van der Waals surface area (Å²) in [5.74, 6) is 0.140. The summed E-state index contributed by atoms with van der Waals surface area (Å²) in [6.45, 7) is 3.95. The van der Waals surface area contributed by atoms with E-state index in [1.54, 1.807) is 0 Å². The van der Waals surface area contributed by atoms with Crippen molar-refractivity contribution in [2.24, 2.45) is 0 Å². The number of anilines is 1. The molecular formula is C21H17NO2. The Morgan fingerprint density at radius 3 is 2.58 bits per heavy atom. The second-order valence-corrected chi connectivity index (χ2v) is 6.04. The zero-order chi connectivity index (χ0) is 16.7. The maximum Gasteiger partial charge on any atom is 0.291 e. The summed E-state index contributed by atoms with van der Waals surface area (Å²) in [4.78, 5) is 12.7. The fraction of sp³-hybridized carbons (Fsp3) is 0.0952. The van der Waals surface area contributed by atoms with Gasteiger partial charge in [0.2, 0.25) is 0 Å². The molecule has 0 aliphatic rings. The summed E-state index contributed by atoms with van der Waals surface area (Å²) in [5.41, 5.74) is 3.54. The molecule has 0 saturated carbocycles. The Balaban J connectivity index is 1.75. The van der Waals surface area contributed by atoms with Crippen LogP contribution >= 0.6 is 0 Å². The molecule has 0 aliphatic carbocycles. The fourth-order valence-corrected chi connectivity index (χ4v) is 3.06. The summed E-state index contributed by atoms with van der Waals surface area (Å²) in [5, 5.41) is 6.07. The number of hydrogen-bond donors (Lipinski definition) is 1. The SMILES string of the molecule is Cc1ccc2oc(C(=O)Nc3cccc4ccccc34)c(C)c2c1. The topological polar surface area (TPSA) is 42.2 Å². The molecule has 0 aliphatic heterocycles. The van der Waals surface area contributed by atoms with Crippen molar-refractivity contribution in [1.29, 1.82) is 0 Å². The van der Waals surface area contributed by atoms with Crippen molar-refractivity contribution in [3.05, 3.63) is 77.6 Å². The Morgan fingerprint density at radius 2 is 1.71 bits per heavy atom. The number of nitrogens with one attached hydrogen (secondary N) is 1. The third kappa shape index (κ3) is 2.35. The Morgan fingerprint density at radius 1 is 0.917 bits per heavy atom. The second kappa shape index (κ2) is 5.53. The minimum atomic E-state index is -0.224. The van der Waals surface area contributed by atoms with E-state index in [2.05, 4.69) is 5.32 Å². The number of fused-ring (bicyclic) bond motifs is 2. The highest BCUT2D eigenvalue weighted by Crippen LogP contribution is 2.28. The van der Waals surface area contributed by atoms with Gasteiger partial charge in [-0.15, -0.1) is 0 Å². The lowest BCUT2D eigenvalue weighted by Crippen LogP contribution is -2.12. The van der Waals surface area contributed by atoms with Crippen LogP contribution in [0.2, 0.25) is 0 Å². The first kappa shape index (κ1) is 14.5. The summed E-state index contributed by atoms with van der Waals surface area (Å²) >= 11 is 0. The van der Waals surface area contributed by atoms with Crippen molar-refractivity contribution in [1.82, 2.24) is 0 Å². The third-order valence-electron chi connectivity index (χ3n) is 4.34. The van der Waals surface area contributed by atoms with Gasteiger partial charge in [-0.3, -0.25) is 4.79 Å². The monoisotopic (exact) mass is 315 g/mol. The van der Waals surface area contributed by atoms with Crippen molar-refractivity contribution < 1.29 is 9.21 Å². The molecule has 3 heteroatoms. The average molecular weight is 315 g/mol. The van der Waals surface area contributed by atoms with Gasteiger partial charge in [-0.2, -0.15) is 0 Å². The molecule has 0 bridgehead atoms. The van der Waals surface area contributed by atoms with Crippen LogP contribution < -0.4 is 5.32 Å². The van der Waals surface area contributed by atoms with Gasteiger partial charge in [0.25, 0.3) is 5.91 Å². The first-order valence-corrected chi connectivity index (χ1v) is 7.92. The number of benzene rings is 3. The molecule has 1 heterocycles. The Bertz CT molecular complexity index is 1070. The van der Waals surface area contributed by atoms with Gasteiger partial charge < -0.3 is 9.73 Å². The quantitative estimate of drug-likeness (QED) is 0.534. The van der Waals surface area contributed by atoms with E-state index in [0.717, 1.165) is 38.6 Å². The largest absolute Gasteiger partial charge is 0.451 e. The summed E-state index contributed by atoms with van der Waals surface area (Å²) in [7, 11) is 0. The van der Waals surface area contributed by atoms with Crippen LogP contribution in [-0.4, -0.2) is 5.91 Å². The average Bonchev–Trinajstić information content (AvgIpc) is 2.92. The van der Waals surface area contributed by atoms with E-state index in [-0.39, 0.29) is 5.91 Å². The number of amides is 1. The van der Waals surface area contributed by atoms with Gasteiger partial charge >= 0.3 is 0 Å². The number of aryl methyl sites for hydroxylation is 2. The van der Waals surface area contributed by atoms with Gasteiger partial charge in [0, 0.05) is 22.0 Å². The van der Waals surface area contributed by atoms with Crippen molar-refractivity contribution in [3.63, 3.8) is 0 Å². The molecular weight excluding hydrogens is 298 g/mol. The first-order valence-electron chi connectivity index (χ1n) is 7.92. The number of carbonyl (C=O) groups is 1. The van der Waals surface area contributed by atoms with E-state index < -0.39 is 0 Å². The normalized spacial score (nSPS) is 11.1. The van der Waals surface area contributed by atoms with E-state index in [1.165, 1.54) is 0 Å². The Kier molecular flexibility index (Phi) is 3.35. The molecule has 24 heavy (non-hydrogen) atoms. The van der Waals surface area contributed by atoms with Crippen LogP contribution in [0, 0.1) is 13.8 Å². The molecule has 1 N–H and O–H groups in total. The lowest BCUT2D eigenvalue weighted by molar-refractivity contribution is 0.0998. The maximum atomic E-state index is 12.7.